The molecule has 2 aromatic rings. The van der Waals surface area contributed by atoms with Crippen LogP contribution in [0.4, 0.5) is 4.39 Å². The zero-order chi connectivity index (χ0) is 17.7. The molecule has 128 valence electrons. The maximum Gasteiger partial charge on any atom is 0.321 e. The first-order chi connectivity index (χ1) is 11.3. The molecular weight excluding hydrogens is 357 g/mol. The van der Waals surface area contributed by atoms with E-state index in [1.54, 1.807) is 24.3 Å². The Balaban J connectivity index is 1.95. The van der Waals surface area contributed by atoms with E-state index in [9.17, 15) is 17.6 Å². The van der Waals surface area contributed by atoms with Gasteiger partial charge in [0, 0.05) is 12.1 Å². The third-order valence-corrected chi connectivity index (χ3v) is 5.26. The number of benzene rings is 2. The van der Waals surface area contributed by atoms with Gasteiger partial charge in [0.1, 0.15) is 19.0 Å². The van der Waals surface area contributed by atoms with Crippen LogP contribution >= 0.6 is 11.6 Å². The first-order valence-corrected chi connectivity index (χ1v) is 8.73. The maximum atomic E-state index is 12.9. The average molecular weight is 372 g/mol. The molecule has 8 heteroatoms. The van der Waals surface area contributed by atoms with Crippen LogP contribution in [-0.4, -0.2) is 32.3 Å². The smallest absolute Gasteiger partial charge is 0.321 e. The second kappa shape index (κ2) is 7.74. The molecule has 5 nitrogen and oxygen atoms in total. The summed E-state index contributed by atoms with van der Waals surface area (Å²) in [6.07, 6.45) is 0. The minimum absolute atomic E-state index is 0.0143. The van der Waals surface area contributed by atoms with Crippen LogP contribution in [-0.2, 0) is 26.2 Å². The molecule has 0 spiro atoms. The molecule has 24 heavy (non-hydrogen) atoms. The van der Waals surface area contributed by atoms with Crippen LogP contribution in [0, 0.1) is 5.82 Å². The van der Waals surface area contributed by atoms with Gasteiger partial charge in [0.15, 0.2) is 0 Å². The number of sulfonamides is 1. The lowest BCUT2D eigenvalue weighted by molar-refractivity contribution is -0.144. The molecule has 0 saturated heterocycles. The molecule has 0 unspecified atom stereocenters. The monoisotopic (exact) mass is 371 g/mol. The second-order valence-corrected chi connectivity index (χ2v) is 7.48. The minimum Gasteiger partial charge on any atom is -0.460 e. The van der Waals surface area contributed by atoms with Gasteiger partial charge in [-0.15, -0.1) is 0 Å². The van der Waals surface area contributed by atoms with Crippen molar-refractivity contribution in [3.8, 4) is 0 Å². The number of nitrogens with zero attached hydrogens (tertiary/aromatic N) is 1. The molecule has 0 aliphatic rings. The summed E-state index contributed by atoms with van der Waals surface area (Å²) < 4.78 is 43.3. The summed E-state index contributed by atoms with van der Waals surface area (Å²) in [7, 11) is -2.64. The lowest BCUT2D eigenvalue weighted by atomic mass is 10.2. The lowest BCUT2D eigenvalue weighted by Gasteiger charge is -2.16. The third kappa shape index (κ3) is 4.77. The highest BCUT2D eigenvalue weighted by Crippen LogP contribution is 2.15. The Labute approximate surface area is 144 Å². The van der Waals surface area contributed by atoms with Gasteiger partial charge in [-0.05, 0) is 42.0 Å². The Morgan fingerprint density at radius 1 is 1.12 bits per heavy atom. The first-order valence-electron chi connectivity index (χ1n) is 6.91. The molecule has 0 bridgehead atoms. The molecule has 0 fully saturated rings. The van der Waals surface area contributed by atoms with E-state index in [-0.39, 0.29) is 11.5 Å². The third-order valence-electron chi connectivity index (χ3n) is 3.19. The predicted octanol–water partition coefficient (Wildman–Crippen LogP) is 2.84. The fraction of sp³-hybridized carbons (Fsp3) is 0.188. The van der Waals surface area contributed by atoms with Gasteiger partial charge in [0.25, 0.3) is 0 Å². The van der Waals surface area contributed by atoms with E-state index in [4.69, 9.17) is 16.3 Å². The first kappa shape index (κ1) is 18.4. The second-order valence-electron chi connectivity index (χ2n) is 5.00. The molecule has 0 aliphatic heterocycles. The van der Waals surface area contributed by atoms with Gasteiger partial charge in [0.05, 0.1) is 4.90 Å². The summed E-state index contributed by atoms with van der Waals surface area (Å²) in [6, 6.07) is 11.1. The van der Waals surface area contributed by atoms with Crippen LogP contribution in [0.25, 0.3) is 0 Å². The number of esters is 1. The molecule has 0 heterocycles. The van der Waals surface area contributed by atoms with Crippen LogP contribution in [0.15, 0.2) is 53.4 Å². The van der Waals surface area contributed by atoms with Crippen molar-refractivity contribution in [1.29, 1.82) is 0 Å². The number of likely N-dealkylation sites (N-methyl/N-ethyl adjacent to an activating group) is 1. The molecule has 2 rings (SSSR count). The van der Waals surface area contributed by atoms with Crippen molar-refractivity contribution in [2.24, 2.45) is 0 Å². The molecule has 0 N–H and O–H groups in total. The van der Waals surface area contributed by atoms with Crippen molar-refractivity contribution < 1.29 is 22.3 Å². The van der Waals surface area contributed by atoms with Crippen LogP contribution in [0.1, 0.15) is 5.56 Å². The fourth-order valence-corrected chi connectivity index (χ4v) is 3.08. The van der Waals surface area contributed by atoms with E-state index in [1.165, 1.54) is 7.05 Å². The van der Waals surface area contributed by atoms with E-state index in [1.807, 2.05) is 0 Å². The van der Waals surface area contributed by atoms with E-state index >= 15 is 0 Å². The zero-order valence-electron chi connectivity index (χ0n) is 12.8. The van der Waals surface area contributed by atoms with Crippen molar-refractivity contribution in [1.82, 2.24) is 4.31 Å². The molecule has 2 aromatic carbocycles. The minimum atomic E-state index is -3.89. The van der Waals surface area contributed by atoms with Crippen molar-refractivity contribution in [3.05, 3.63) is 64.9 Å². The van der Waals surface area contributed by atoms with Crippen molar-refractivity contribution in [2.75, 3.05) is 13.6 Å². The molecule has 0 aliphatic carbocycles. The van der Waals surface area contributed by atoms with E-state index in [2.05, 4.69) is 0 Å². The highest BCUT2D eigenvalue weighted by molar-refractivity contribution is 7.89. The summed E-state index contributed by atoms with van der Waals surface area (Å²) in [6.45, 7) is -0.437. The number of hydrogen-bond acceptors (Lipinski definition) is 4. The largest absolute Gasteiger partial charge is 0.460 e. The maximum absolute atomic E-state index is 12.9. The van der Waals surface area contributed by atoms with Gasteiger partial charge in [-0.2, -0.15) is 4.31 Å². The number of halogens is 2. The van der Waals surface area contributed by atoms with Gasteiger partial charge in [-0.25, -0.2) is 12.8 Å². The number of carbonyl (C=O) groups is 1. The van der Waals surface area contributed by atoms with Crippen molar-refractivity contribution in [2.45, 2.75) is 11.5 Å². The van der Waals surface area contributed by atoms with Gasteiger partial charge in [-0.3, -0.25) is 4.79 Å². The summed E-state index contributed by atoms with van der Waals surface area (Å²) >= 11 is 5.76. The van der Waals surface area contributed by atoms with Gasteiger partial charge in [-0.1, -0.05) is 23.7 Å². The van der Waals surface area contributed by atoms with E-state index < -0.39 is 28.4 Å². The average Bonchev–Trinajstić information content (AvgIpc) is 2.54. The molecular formula is C16H15ClFNO4S. The molecule has 0 saturated carbocycles. The van der Waals surface area contributed by atoms with Crippen LogP contribution in [0.5, 0.6) is 0 Å². The molecule has 0 radical (unpaired) electrons. The number of rotatable bonds is 6. The highest BCUT2D eigenvalue weighted by atomic mass is 35.5. The quantitative estimate of drug-likeness (QED) is 0.732. The van der Waals surface area contributed by atoms with Crippen molar-refractivity contribution >= 4 is 27.6 Å². The summed E-state index contributed by atoms with van der Waals surface area (Å²) in [5.41, 5.74) is 0.733. The summed E-state index contributed by atoms with van der Waals surface area (Å²) in [5, 5.41) is 0.565. The Bertz CT molecular complexity index is 807. The Hall–Kier alpha value is -1.96. The van der Waals surface area contributed by atoms with E-state index in [0.29, 0.717) is 5.02 Å². The number of ether oxygens (including phenoxy) is 1. The number of hydrogen-bond donors (Lipinski definition) is 0. The highest BCUT2D eigenvalue weighted by Gasteiger charge is 2.23. The zero-order valence-corrected chi connectivity index (χ0v) is 14.3. The molecule has 0 aromatic heterocycles. The standard InChI is InChI=1S/C16H15ClFNO4S/c1-19(24(21,22)15-8-6-14(18)7-9-15)10-16(20)23-11-12-2-4-13(17)5-3-12/h2-9H,10-11H2,1H3. The molecule has 0 amide bonds. The van der Waals surface area contributed by atoms with Gasteiger partial charge < -0.3 is 4.74 Å². The van der Waals surface area contributed by atoms with Crippen LogP contribution < -0.4 is 0 Å². The van der Waals surface area contributed by atoms with Crippen LogP contribution in [0.3, 0.4) is 0 Å². The lowest BCUT2D eigenvalue weighted by Crippen LogP contribution is -2.33. The molecule has 0 atom stereocenters. The number of carbonyl (C=O) groups excluding carboxylic acids is 1. The van der Waals surface area contributed by atoms with Crippen LogP contribution in [0.2, 0.25) is 5.02 Å². The topological polar surface area (TPSA) is 63.7 Å². The van der Waals surface area contributed by atoms with Crippen molar-refractivity contribution in [3.63, 3.8) is 0 Å². The Kier molecular flexibility index (Phi) is 5.93. The normalized spacial score (nSPS) is 11.5. The van der Waals surface area contributed by atoms with E-state index in [0.717, 1.165) is 34.1 Å². The van der Waals surface area contributed by atoms with Gasteiger partial charge >= 0.3 is 5.97 Å². The Morgan fingerprint density at radius 2 is 1.71 bits per heavy atom. The summed E-state index contributed by atoms with van der Waals surface area (Å²) in [5.74, 6) is -1.24. The summed E-state index contributed by atoms with van der Waals surface area (Å²) in [4.78, 5) is 11.7. The van der Waals surface area contributed by atoms with Gasteiger partial charge in [0.2, 0.25) is 10.0 Å². The fourth-order valence-electron chi connectivity index (χ4n) is 1.84. The predicted molar refractivity (Wildman–Crippen MR) is 87.5 cm³/mol. The SMILES string of the molecule is CN(CC(=O)OCc1ccc(Cl)cc1)S(=O)(=O)c1ccc(F)cc1. The Morgan fingerprint density at radius 3 is 2.29 bits per heavy atom.